The maximum absolute atomic E-state index is 2.30. The fraction of sp³-hybridized carbons (Fsp3) is 0.389. The molecule has 0 N–H and O–H groups in total. The van der Waals surface area contributed by atoms with Crippen LogP contribution in [0.2, 0.25) is 0 Å². The molecule has 1 heterocycles. The van der Waals surface area contributed by atoms with Crippen LogP contribution in [-0.2, 0) is 13.0 Å². The van der Waals surface area contributed by atoms with E-state index >= 15 is 0 Å². The molecule has 0 amide bonds. The Morgan fingerprint density at radius 1 is 0.800 bits per heavy atom. The van der Waals surface area contributed by atoms with Gasteiger partial charge in [0.05, 0.1) is 0 Å². The van der Waals surface area contributed by atoms with E-state index in [0.29, 0.717) is 0 Å². The summed E-state index contributed by atoms with van der Waals surface area (Å²) in [7, 11) is 0. The summed E-state index contributed by atoms with van der Waals surface area (Å²) >= 11 is 0. The van der Waals surface area contributed by atoms with E-state index in [9.17, 15) is 0 Å². The third-order valence-electron chi connectivity index (χ3n) is 3.48. The van der Waals surface area contributed by atoms with Crippen molar-refractivity contribution >= 4 is 0 Å². The van der Waals surface area contributed by atoms with Crippen LogP contribution in [0, 0.1) is 0 Å². The van der Waals surface area contributed by atoms with Gasteiger partial charge < -0.3 is 24.0 Å². The van der Waals surface area contributed by atoms with E-state index in [2.05, 4.69) is 66.3 Å². The van der Waals surface area contributed by atoms with Crippen molar-refractivity contribution in [3.05, 3.63) is 66.0 Å². The molecule has 2 aromatic rings. The van der Waals surface area contributed by atoms with Crippen molar-refractivity contribution in [3.63, 3.8) is 0 Å². The van der Waals surface area contributed by atoms with Gasteiger partial charge in [-0.05, 0) is 24.0 Å². The standard InChI is InChI=1S/C18H24N.HI/c1-2-3-4-8-13-19-14-11-18(12-15-19)16-17-9-6-5-7-10-17;/h5-7,9-12,14-15H,2-4,8,13,16H2,1H3;1H/q+1;/p-1. The molecule has 2 heteroatoms. The number of aromatic nitrogens is 1. The second-order valence-corrected chi connectivity index (χ2v) is 5.17. The molecule has 0 aliphatic heterocycles. The van der Waals surface area contributed by atoms with Gasteiger partial charge in [0, 0.05) is 18.6 Å². The van der Waals surface area contributed by atoms with Gasteiger partial charge in [0.25, 0.3) is 0 Å². The van der Waals surface area contributed by atoms with E-state index in [4.69, 9.17) is 0 Å². The zero-order valence-electron chi connectivity index (χ0n) is 12.3. The number of rotatable bonds is 7. The number of hydrogen-bond acceptors (Lipinski definition) is 0. The molecule has 20 heavy (non-hydrogen) atoms. The molecule has 0 saturated heterocycles. The van der Waals surface area contributed by atoms with E-state index in [1.165, 1.54) is 36.8 Å². The van der Waals surface area contributed by atoms with Crippen LogP contribution in [-0.4, -0.2) is 0 Å². The number of unbranched alkanes of at least 4 members (excludes halogenated alkanes) is 3. The molecule has 0 atom stereocenters. The van der Waals surface area contributed by atoms with Crippen molar-refractivity contribution in [1.29, 1.82) is 0 Å². The van der Waals surface area contributed by atoms with Crippen LogP contribution in [0.3, 0.4) is 0 Å². The number of aryl methyl sites for hydroxylation is 1. The van der Waals surface area contributed by atoms with Crippen LogP contribution in [0.1, 0.15) is 43.7 Å². The summed E-state index contributed by atoms with van der Waals surface area (Å²) in [5.41, 5.74) is 2.76. The molecule has 0 aliphatic carbocycles. The lowest BCUT2D eigenvalue weighted by Gasteiger charge is -2.01. The average molecular weight is 381 g/mol. The van der Waals surface area contributed by atoms with E-state index in [0.717, 1.165) is 13.0 Å². The highest BCUT2D eigenvalue weighted by Gasteiger charge is 2.01. The Labute approximate surface area is 140 Å². The highest BCUT2D eigenvalue weighted by atomic mass is 127. The van der Waals surface area contributed by atoms with Gasteiger partial charge in [-0.3, -0.25) is 0 Å². The van der Waals surface area contributed by atoms with Crippen LogP contribution < -0.4 is 28.5 Å². The Morgan fingerprint density at radius 2 is 1.45 bits per heavy atom. The van der Waals surface area contributed by atoms with Gasteiger partial charge in [0.1, 0.15) is 6.54 Å². The largest absolute Gasteiger partial charge is 1.00 e. The predicted octanol–water partition coefficient (Wildman–Crippen LogP) is 1.15. The van der Waals surface area contributed by atoms with Crippen molar-refractivity contribution in [2.45, 2.75) is 45.6 Å². The molecule has 0 spiro atoms. The molecule has 0 unspecified atom stereocenters. The number of hydrogen-bond donors (Lipinski definition) is 0. The highest BCUT2D eigenvalue weighted by molar-refractivity contribution is 5.23. The fourth-order valence-electron chi connectivity index (χ4n) is 2.31. The SMILES string of the molecule is CCCCCC[n+]1ccc(Cc2ccccc2)cc1.[I-]. The highest BCUT2D eigenvalue weighted by Crippen LogP contribution is 2.07. The topological polar surface area (TPSA) is 3.88 Å². The van der Waals surface area contributed by atoms with Crippen molar-refractivity contribution in [3.8, 4) is 0 Å². The van der Waals surface area contributed by atoms with Gasteiger partial charge in [-0.15, -0.1) is 0 Å². The molecule has 1 aromatic heterocycles. The molecule has 1 nitrogen and oxygen atoms in total. The molecule has 108 valence electrons. The summed E-state index contributed by atoms with van der Waals surface area (Å²) in [4.78, 5) is 0. The minimum Gasteiger partial charge on any atom is -1.00 e. The summed E-state index contributed by atoms with van der Waals surface area (Å²) in [6.07, 6.45) is 10.7. The predicted molar refractivity (Wildman–Crippen MR) is 80.0 cm³/mol. The summed E-state index contributed by atoms with van der Waals surface area (Å²) in [6.45, 7) is 3.40. The zero-order chi connectivity index (χ0) is 13.3. The van der Waals surface area contributed by atoms with Crippen LogP contribution in [0.5, 0.6) is 0 Å². The Hall–Kier alpha value is -0.900. The fourth-order valence-corrected chi connectivity index (χ4v) is 2.31. The molecular weight excluding hydrogens is 357 g/mol. The smallest absolute Gasteiger partial charge is 0.169 e. The second-order valence-electron chi connectivity index (χ2n) is 5.17. The molecular formula is C18H24IN. The molecule has 0 fully saturated rings. The lowest BCUT2D eigenvalue weighted by atomic mass is 10.1. The van der Waals surface area contributed by atoms with E-state index in [1.807, 2.05) is 0 Å². The molecule has 0 aliphatic rings. The first-order valence-corrected chi connectivity index (χ1v) is 7.40. The molecule has 0 radical (unpaired) electrons. The third-order valence-corrected chi connectivity index (χ3v) is 3.48. The second kappa shape index (κ2) is 9.92. The van der Waals surface area contributed by atoms with Gasteiger partial charge in [-0.2, -0.15) is 0 Å². The lowest BCUT2D eigenvalue weighted by Crippen LogP contribution is -3.00. The number of benzene rings is 1. The van der Waals surface area contributed by atoms with Gasteiger partial charge in [0.15, 0.2) is 12.4 Å². The van der Waals surface area contributed by atoms with Crippen LogP contribution in [0.25, 0.3) is 0 Å². The molecule has 1 aromatic carbocycles. The van der Waals surface area contributed by atoms with Gasteiger partial charge in [-0.1, -0.05) is 50.1 Å². The maximum atomic E-state index is 2.30. The molecule has 2 rings (SSSR count). The van der Waals surface area contributed by atoms with Gasteiger partial charge in [-0.25, -0.2) is 4.57 Å². The first-order chi connectivity index (χ1) is 9.38. The number of halogens is 1. The molecule has 0 saturated carbocycles. The summed E-state index contributed by atoms with van der Waals surface area (Å²) in [6, 6.07) is 15.1. The van der Waals surface area contributed by atoms with Crippen LogP contribution in [0.4, 0.5) is 0 Å². The average Bonchev–Trinajstić information content (AvgIpc) is 2.46. The zero-order valence-corrected chi connectivity index (χ0v) is 14.4. The Kier molecular flexibility index (Phi) is 8.51. The van der Waals surface area contributed by atoms with E-state index in [1.54, 1.807) is 0 Å². The van der Waals surface area contributed by atoms with Crippen LogP contribution >= 0.6 is 0 Å². The monoisotopic (exact) mass is 381 g/mol. The van der Waals surface area contributed by atoms with Gasteiger partial charge >= 0.3 is 0 Å². The first kappa shape index (κ1) is 17.2. The normalized spacial score (nSPS) is 10.1. The minimum absolute atomic E-state index is 0. The summed E-state index contributed by atoms with van der Waals surface area (Å²) < 4.78 is 2.30. The van der Waals surface area contributed by atoms with Crippen molar-refractivity contribution in [2.75, 3.05) is 0 Å². The van der Waals surface area contributed by atoms with Crippen molar-refractivity contribution in [2.24, 2.45) is 0 Å². The maximum Gasteiger partial charge on any atom is 0.169 e. The summed E-state index contributed by atoms with van der Waals surface area (Å²) in [5.74, 6) is 0. The minimum atomic E-state index is 0. The Bertz CT molecular complexity index is 465. The van der Waals surface area contributed by atoms with Gasteiger partial charge in [0.2, 0.25) is 0 Å². The lowest BCUT2D eigenvalue weighted by molar-refractivity contribution is -0.697. The number of nitrogens with zero attached hydrogens (tertiary/aromatic N) is 1. The Balaban J connectivity index is 0.00000200. The van der Waals surface area contributed by atoms with Crippen molar-refractivity contribution < 1.29 is 28.5 Å². The van der Waals surface area contributed by atoms with Crippen LogP contribution in [0.15, 0.2) is 54.9 Å². The quantitative estimate of drug-likeness (QED) is 0.385. The number of pyridine rings is 1. The summed E-state index contributed by atoms with van der Waals surface area (Å²) in [5, 5.41) is 0. The van der Waals surface area contributed by atoms with E-state index < -0.39 is 0 Å². The van der Waals surface area contributed by atoms with Crippen molar-refractivity contribution in [1.82, 2.24) is 0 Å². The van der Waals surface area contributed by atoms with E-state index in [-0.39, 0.29) is 24.0 Å². The first-order valence-electron chi connectivity index (χ1n) is 7.40. The third kappa shape index (κ3) is 6.04. The molecule has 0 bridgehead atoms. The Morgan fingerprint density at radius 3 is 2.10 bits per heavy atom.